The van der Waals surface area contributed by atoms with Crippen LogP contribution in [0.25, 0.3) is 0 Å². The number of hydrogen-bond acceptors (Lipinski definition) is 2. The highest BCUT2D eigenvalue weighted by Gasteiger charge is 2.42. The van der Waals surface area contributed by atoms with Gasteiger partial charge in [0.05, 0.1) is 5.60 Å². The first-order valence-electron chi connectivity index (χ1n) is 5.62. The molecule has 1 spiro atoms. The third kappa shape index (κ3) is 1.75. The minimum atomic E-state index is 0.0654. The summed E-state index contributed by atoms with van der Waals surface area (Å²) < 4.78 is 5.96. The summed E-state index contributed by atoms with van der Waals surface area (Å²) in [6.07, 6.45) is 7.35. The minimum absolute atomic E-state index is 0.0654. The Hall–Kier alpha value is -0.0800. The van der Waals surface area contributed by atoms with Crippen molar-refractivity contribution >= 4 is 0 Å². The highest BCUT2D eigenvalue weighted by atomic mass is 16.5. The smallest absolute Gasteiger partial charge is 0.0835 e. The number of nitrogens with two attached hydrogens (primary N) is 1. The van der Waals surface area contributed by atoms with Crippen molar-refractivity contribution in [2.24, 2.45) is 11.7 Å². The molecule has 0 amide bonds. The van der Waals surface area contributed by atoms with Crippen molar-refractivity contribution in [3.63, 3.8) is 0 Å². The monoisotopic (exact) mass is 183 g/mol. The summed E-state index contributed by atoms with van der Waals surface area (Å²) in [6.45, 7) is 3.26. The van der Waals surface area contributed by atoms with E-state index in [2.05, 4.69) is 6.92 Å². The van der Waals surface area contributed by atoms with Crippen molar-refractivity contribution in [3.8, 4) is 0 Å². The van der Waals surface area contributed by atoms with Gasteiger partial charge >= 0.3 is 0 Å². The summed E-state index contributed by atoms with van der Waals surface area (Å²) in [5.41, 5.74) is 6.25. The lowest BCUT2D eigenvalue weighted by molar-refractivity contribution is -0.120. The Morgan fingerprint density at radius 1 is 1.31 bits per heavy atom. The first-order valence-corrected chi connectivity index (χ1v) is 5.62. The third-order valence-corrected chi connectivity index (χ3v) is 3.72. The Bertz CT molecular complexity index is 175. The fourth-order valence-corrected chi connectivity index (χ4v) is 2.90. The maximum atomic E-state index is 6.18. The van der Waals surface area contributed by atoms with Crippen LogP contribution in [0.3, 0.4) is 0 Å². The normalized spacial score (nSPS) is 46.6. The topological polar surface area (TPSA) is 35.2 Å². The van der Waals surface area contributed by atoms with Gasteiger partial charge in [0.2, 0.25) is 0 Å². The number of ether oxygens (including phenoxy) is 1. The highest BCUT2D eigenvalue weighted by Crippen LogP contribution is 2.40. The predicted molar refractivity (Wildman–Crippen MR) is 53.5 cm³/mol. The lowest BCUT2D eigenvalue weighted by atomic mass is 9.72. The summed E-state index contributed by atoms with van der Waals surface area (Å²) in [4.78, 5) is 0. The molecule has 2 nitrogen and oxygen atoms in total. The Morgan fingerprint density at radius 2 is 2.15 bits per heavy atom. The molecule has 3 unspecified atom stereocenters. The second-order valence-corrected chi connectivity index (χ2v) is 4.86. The van der Waals surface area contributed by atoms with E-state index in [9.17, 15) is 0 Å². The Balaban J connectivity index is 2.07. The molecule has 0 radical (unpaired) electrons. The Kier molecular flexibility index (Phi) is 2.61. The van der Waals surface area contributed by atoms with E-state index in [1.165, 1.54) is 32.1 Å². The van der Waals surface area contributed by atoms with E-state index >= 15 is 0 Å². The molecule has 0 aromatic carbocycles. The molecule has 0 aromatic heterocycles. The summed E-state index contributed by atoms with van der Waals surface area (Å²) in [7, 11) is 0. The van der Waals surface area contributed by atoms with E-state index in [4.69, 9.17) is 10.5 Å². The lowest BCUT2D eigenvalue weighted by Crippen LogP contribution is -2.55. The fraction of sp³-hybridized carbons (Fsp3) is 1.00. The SMILES string of the molecule is CC1CCC(N)C2(CCCCO2)C1. The quantitative estimate of drug-likeness (QED) is 0.624. The zero-order chi connectivity index (χ0) is 9.31. The van der Waals surface area contributed by atoms with Crippen molar-refractivity contribution in [3.05, 3.63) is 0 Å². The molecule has 2 fully saturated rings. The van der Waals surface area contributed by atoms with Crippen LogP contribution >= 0.6 is 0 Å². The van der Waals surface area contributed by atoms with Crippen LogP contribution in [0.5, 0.6) is 0 Å². The summed E-state index contributed by atoms with van der Waals surface area (Å²) in [5.74, 6) is 0.804. The maximum absolute atomic E-state index is 6.18. The Labute approximate surface area is 80.8 Å². The summed E-state index contributed by atoms with van der Waals surface area (Å²) in [5, 5.41) is 0. The van der Waals surface area contributed by atoms with E-state index in [1.807, 2.05) is 0 Å². The van der Waals surface area contributed by atoms with Crippen LogP contribution in [0.4, 0.5) is 0 Å². The van der Waals surface area contributed by atoms with Crippen LogP contribution in [-0.2, 0) is 4.74 Å². The van der Waals surface area contributed by atoms with E-state index in [-0.39, 0.29) is 5.60 Å². The van der Waals surface area contributed by atoms with Gasteiger partial charge in [-0.15, -0.1) is 0 Å². The van der Waals surface area contributed by atoms with Crippen molar-refractivity contribution in [2.45, 2.75) is 57.1 Å². The van der Waals surface area contributed by atoms with Crippen molar-refractivity contribution < 1.29 is 4.74 Å². The number of hydrogen-bond donors (Lipinski definition) is 1. The van der Waals surface area contributed by atoms with Gasteiger partial charge in [0.25, 0.3) is 0 Å². The van der Waals surface area contributed by atoms with Crippen LogP contribution in [-0.4, -0.2) is 18.2 Å². The fourth-order valence-electron chi connectivity index (χ4n) is 2.90. The van der Waals surface area contributed by atoms with Crippen LogP contribution in [0, 0.1) is 5.92 Å². The van der Waals surface area contributed by atoms with Crippen LogP contribution in [0.15, 0.2) is 0 Å². The standard InChI is InChI=1S/C11H21NO/c1-9-4-5-10(12)11(8-9)6-2-3-7-13-11/h9-10H,2-8,12H2,1H3. The molecule has 2 rings (SSSR count). The Morgan fingerprint density at radius 3 is 2.85 bits per heavy atom. The van der Waals surface area contributed by atoms with Gasteiger partial charge in [-0.25, -0.2) is 0 Å². The molecule has 2 N–H and O–H groups in total. The van der Waals surface area contributed by atoms with Gasteiger partial charge in [0, 0.05) is 12.6 Å². The molecule has 1 aliphatic carbocycles. The molecule has 1 saturated carbocycles. The van der Waals surface area contributed by atoms with Crippen molar-refractivity contribution in [1.82, 2.24) is 0 Å². The van der Waals surface area contributed by atoms with E-state index in [0.29, 0.717) is 6.04 Å². The van der Waals surface area contributed by atoms with Crippen molar-refractivity contribution in [2.75, 3.05) is 6.61 Å². The molecule has 13 heavy (non-hydrogen) atoms. The molecule has 0 aromatic rings. The average Bonchev–Trinajstić information content (AvgIpc) is 2.14. The maximum Gasteiger partial charge on any atom is 0.0835 e. The zero-order valence-corrected chi connectivity index (χ0v) is 8.59. The summed E-state index contributed by atoms with van der Waals surface area (Å²) >= 11 is 0. The van der Waals surface area contributed by atoms with Crippen LogP contribution in [0.2, 0.25) is 0 Å². The first kappa shape index (κ1) is 9.47. The molecule has 2 aliphatic rings. The van der Waals surface area contributed by atoms with Crippen LogP contribution in [0.1, 0.15) is 45.4 Å². The molecule has 1 aliphatic heterocycles. The highest BCUT2D eigenvalue weighted by molar-refractivity contribution is 4.97. The van der Waals surface area contributed by atoms with E-state index in [0.717, 1.165) is 18.9 Å². The van der Waals surface area contributed by atoms with E-state index in [1.54, 1.807) is 0 Å². The largest absolute Gasteiger partial charge is 0.373 e. The van der Waals surface area contributed by atoms with Gasteiger partial charge in [-0.05, 0) is 44.4 Å². The van der Waals surface area contributed by atoms with Crippen molar-refractivity contribution in [1.29, 1.82) is 0 Å². The van der Waals surface area contributed by atoms with Gasteiger partial charge in [0.1, 0.15) is 0 Å². The zero-order valence-electron chi connectivity index (χ0n) is 8.59. The number of rotatable bonds is 0. The lowest BCUT2D eigenvalue weighted by Gasteiger charge is -2.46. The molecule has 1 heterocycles. The minimum Gasteiger partial charge on any atom is -0.373 e. The van der Waals surface area contributed by atoms with E-state index < -0.39 is 0 Å². The second-order valence-electron chi connectivity index (χ2n) is 4.86. The molecule has 76 valence electrons. The van der Waals surface area contributed by atoms with Gasteiger partial charge in [-0.1, -0.05) is 6.92 Å². The molecule has 3 atom stereocenters. The molecule has 2 heteroatoms. The van der Waals surface area contributed by atoms with Gasteiger partial charge < -0.3 is 10.5 Å². The second kappa shape index (κ2) is 3.58. The summed E-state index contributed by atoms with van der Waals surface area (Å²) in [6, 6.07) is 0.295. The van der Waals surface area contributed by atoms with Gasteiger partial charge in [0.15, 0.2) is 0 Å². The average molecular weight is 183 g/mol. The molecule has 0 bridgehead atoms. The van der Waals surface area contributed by atoms with Crippen LogP contribution < -0.4 is 5.73 Å². The molecule has 1 saturated heterocycles. The third-order valence-electron chi connectivity index (χ3n) is 3.72. The van der Waals surface area contributed by atoms with Gasteiger partial charge in [-0.3, -0.25) is 0 Å². The molecular weight excluding hydrogens is 162 g/mol. The molecular formula is C11H21NO. The predicted octanol–water partition coefficient (Wildman–Crippen LogP) is 2.07. The first-order chi connectivity index (χ1) is 6.23. The van der Waals surface area contributed by atoms with Gasteiger partial charge in [-0.2, -0.15) is 0 Å².